The minimum atomic E-state index is 0.280. The quantitative estimate of drug-likeness (QED) is 0.856. The molecular weight excluding hydrogens is 210 g/mol. The van der Waals surface area contributed by atoms with Crippen molar-refractivity contribution in [3.05, 3.63) is 35.1 Å². The molecule has 0 saturated carbocycles. The molecule has 0 bridgehead atoms. The van der Waals surface area contributed by atoms with Crippen LogP contribution in [0.25, 0.3) is 11.0 Å². The Morgan fingerprint density at radius 3 is 2.76 bits per heavy atom. The van der Waals surface area contributed by atoms with Crippen LogP contribution in [0.15, 0.2) is 22.6 Å². The number of benzene rings is 1. The molecule has 1 aromatic carbocycles. The highest BCUT2D eigenvalue weighted by atomic mass is 16.3. The predicted octanol–water partition coefficient (Wildman–Crippen LogP) is 4.11. The van der Waals surface area contributed by atoms with Gasteiger partial charge in [0.1, 0.15) is 11.3 Å². The zero-order valence-electron chi connectivity index (χ0n) is 11.1. The first-order valence-corrected chi connectivity index (χ1v) is 6.36. The molecule has 2 aromatic rings. The van der Waals surface area contributed by atoms with E-state index in [-0.39, 0.29) is 6.04 Å². The predicted molar refractivity (Wildman–Crippen MR) is 72.4 cm³/mol. The van der Waals surface area contributed by atoms with Crippen molar-refractivity contribution < 1.29 is 4.42 Å². The Hall–Kier alpha value is -1.28. The van der Waals surface area contributed by atoms with Crippen molar-refractivity contribution in [2.45, 2.75) is 40.2 Å². The minimum absolute atomic E-state index is 0.280. The molecule has 0 aliphatic rings. The summed E-state index contributed by atoms with van der Waals surface area (Å²) in [5.74, 6) is 1.07. The molecule has 0 aliphatic carbocycles. The second-order valence-electron chi connectivity index (χ2n) is 4.77. The molecule has 0 aliphatic heterocycles. The summed E-state index contributed by atoms with van der Waals surface area (Å²) in [6, 6.07) is 6.64. The van der Waals surface area contributed by atoms with E-state index in [0.717, 1.165) is 24.3 Å². The minimum Gasteiger partial charge on any atom is -0.459 e. The lowest BCUT2D eigenvalue weighted by Gasteiger charge is -2.11. The van der Waals surface area contributed by atoms with Crippen LogP contribution in [-0.4, -0.2) is 6.54 Å². The molecule has 0 radical (unpaired) electrons. The Bertz CT molecular complexity index is 513. The number of aryl methyl sites for hydroxylation is 2. The molecule has 2 nitrogen and oxygen atoms in total. The zero-order valence-corrected chi connectivity index (χ0v) is 11.1. The molecule has 0 amide bonds. The van der Waals surface area contributed by atoms with E-state index in [9.17, 15) is 0 Å². The molecule has 2 rings (SSSR count). The first kappa shape index (κ1) is 12.2. The van der Waals surface area contributed by atoms with Crippen molar-refractivity contribution in [2.75, 3.05) is 6.54 Å². The van der Waals surface area contributed by atoms with E-state index < -0.39 is 0 Å². The van der Waals surface area contributed by atoms with E-state index in [2.05, 4.69) is 51.2 Å². The average molecular weight is 231 g/mol. The molecule has 1 heterocycles. The van der Waals surface area contributed by atoms with Crippen LogP contribution < -0.4 is 5.32 Å². The maximum Gasteiger partial charge on any atom is 0.134 e. The highest BCUT2D eigenvalue weighted by Gasteiger charge is 2.15. The van der Waals surface area contributed by atoms with Gasteiger partial charge in [-0.1, -0.05) is 18.6 Å². The molecule has 1 unspecified atom stereocenters. The molecule has 0 fully saturated rings. The normalized spacial score (nSPS) is 13.2. The second kappa shape index (κ2) is 4.92. The lowest BCUT2D eigenvalue weighted by Crippen LogP contribution is -2.19. The summed E-state index contributed by atoms with van der Waals surface area (Å²) in [7, 11) is 0. The van der Waals surface area contributed by atoms with Crippen LogP contribution in [0, 0.1) is 13.8 Å². The summed E-state index contributed by atoms with van der Waals surface area (Å²) in [5.41, 5.74) is 3.54. The van der Waals surface area contributed by atoms with Gasteiger partial charge in [0.2, 0.25) is 0 Å². The van der Waals surface area contributed by atoms with Gasteiger partial charge in [0, 0.05) is 5.39 Å². The highest BCUT2D eigenvalue weighted by Crippen LogP contribution is 2.29. The van der Waals surface area contributed by atoms with Gasteiger partial charge < -0.3 is 9.73 Å². The van der Waals surface area contributed by atoms with Crippen LogP contribution >= 0.6 is 0 Å². The van der Waals surface area contributed by atoms with E-state index in [0.29, 0.717) is 0 Å². The molecule has 1 atom stereocenters. The van der Waals surface area contributed by atoms with Crippen LogP contribution in [0.3, 0.4) is 0 Å². The molecule has 1 N–H and O–H groups in total. The van der Waals surface area contributed by atoms with Gasteiger partial charge in [-0.25, -0.2) is 0 Å². The summed E-state index contributed by atoms with van der Waals surface area (Å²) in [6.07, 6.45) is 1.14. The van der Waals surface area contributed by atoms with Gasteiger partial charge in [0.25, 0.3) is 0 Å². The molecule has 92 valence electrons. The van der Waals surface area contributed by atoms with E-state index in [1.807, 2.05) is 0 Å². The Labute approximate surface area is 103 Å². The standard InChI is InChI=1S/C15H21NO/c1-5-8-16-12(4)15-11(3)13-9-10(2)6-7-14(13)17-15/h6-7,9,12,16H,5,8H2,1-4H3. The van der Waals surface area contributed by atoms with Crippen molar-refractivity contribution in [1.82, 2.24) is 5.32 Å². The maximum atomic E-state index is 5.95. The van der Waals surface area contributed by atoms with Crippen LogP contribution in [-0.2, 0) is 0 Å². The van der Waals surface area contributed by atoms with Gasteiger partial charge >= 0.3 is 0 Å². The summed E-state index contributed by atoms with van der Waals surface area (Å²) >= 11 is 0. The van der Waals surface area contributed by atoms with Crippen LogP contribution in [0.1, 0.15) is 43.2 Å². The van der Waals surface area contributed by atoms with Gasteiger partial charge in [0.15, 0.2) is 0 Å². The Morgan fingerprint density at radius 1 is 1.29 bits per heavy atom. The van der Waals surface area contributed by atoms with Gasteiger partial charge in [-0.05, 0) is 51.4 Å². The SMILES string of the molecule is CCCNC(C)c1oc2ccc(C)cc2c1C. The maximum absolute atomic E-state index is 5.95. The zero-order chi connectivity index (χ0) is 12.4. The lowest BCUT2D eigenvalue weighted by atomic mass is 10.1. The number of fused-ring (bicyclic) bond motifs is 1. The summed E-state index contributed by atoms with van der Waals surface area (Å²) < 4.78 is 5.95. The molecule has 0 saturated heterocycles. The fourth-order valence-corrected chi connectivity index (χ4v) is 2.22. The van der Waals surface area contributed by atoms with Crippen molar-refractivity contribution in [3.8, 4) is 0 Å². The summed E-state index contributed by atoms with van der Waals surface area (Å²) in [6.45, 7) is 9.62. The van der Waals surface area contributed by atoms with Crippen molar-refractivity contribution in [3.63, 3.8) is 0 Å². The number of hydrogen-bond acceptors (Lipinski definition) is 2. The van der Waals surface area contributed by atoms with Crippen LogP contribution in [0.5, 0.6) is 0 Å². The first-order chi connectivity index (χ1) is 8.13. The topological polar surface area (TPSA) is 25.2 Å². The average Bonchev–Trinajstić information content (AvgIpc) is 2.64. The van der Waals surface area contributed by atoms with Crippen LogP contribution in [0.4, 0.5) is 0 Å². The summed E-state index contributed by atoms with van der Waals surface area (Å²) in [4.78, 5) is 0. The number of rotatable bonds is 4. The van der Waals surface area contributed by atoms with E-state index in [4.69, 9.17) is 4.42 Å². The molecule has 1 aromatic heterocycles. The fourth-order valence-electron chi connectivity index (χ4n) is 2.22. The van der Waals surface area contributed by atoms with E-state index in [1.54, 1.807) is 0 Å². The van der Waals surface area contributed by atoms with E-state index in [1.165, 1.54) is 16.5 Å². The summed E-state index contributed by atoms with van der Waals surface area (Å²) in [5, 5.41) is 4.71. The Kier molecular flexibility index (Phi) is 3.53. The number of furan rings is 1. The van der Waals surface area contributed by atoms with Gasteiger partial charge in [0.05, 0.1) is 6.04 Å². The largest absolute Gasteiger partial charge is 0.459 e. The Morgan fingerprint density at radius 2 is 2.06 bits per heavy atom. The lowest BCUT2D eigenvalue weighted by molar-refractivity contribution is 0.448. The second-order valence-corrected chi connectivity index (χ2v) is 4.77. The third-order valence-corrected chi connectivity index (χ3v) is 3.22. The third-order valence-electron chi connectivity index (χ3n) is 3.22. The third kappa shape index (κ3) is 2.37. The van der Waals surface area contributed by atoms with Crippen molar-refractivity contribution in [2.24, 2.45) is 0 Å². The Balaban J connectivity index is 2.38. The van der Waals surface area contributed by atoms with Crippen molar-refractivity contribution >= 4 is 11.0 Å². The van der Waals surface area contributed by atoms with Gasteiger partial charge in [-0.3, -0.25) is 0 Å². The highest BCUT2D eigenvalue weighted by molar-refractivity contribution is 5.82. The first-order valence-electron chi connectivity index (χ1n) is 6.36. The molecule has 2 heteroatoms. The number of nitrogens with one attached hydrogen (secondary N) is 1. The van der Waals surface area contributed by atoms with Crippen LogP contribution in [0.2, 0.25) is 0 Å². The van der Waals surface area contributed by atoms with Gasteiger partial charge in [-0.15, -0.1) is 0 Å². The van der Waals surface area contributed by atoms with Gasteiger partial charge in [-0.2, -0.15) is 0 Å². The monoisotopic (exact) mass is 231 g/mol. The number of hydrogen-bond donors (Lipinski definition) is 1. The fraction of sp³-hybridized carbons (Fsp3) is 0.467. The van der Waals surface area contributed by atoms with Crippen molar-refractivity contribution in [1.29, 1.82) is 0 Å². The molecular formula is C15H21NO. The smallest absolute Gasteiger partial charge is 0.134 e. The molecule has 17 heavy (non-hydrogen) atoms. The van der Waals surface area contributed by atoms with E-state index >= 15 is 0 Å². The molecule has 0 spiro atoms.